The smallest absolute Gasteiger partial charge is 0.325 e. The van der Waals surface area contributed by atoms with Crippen LogP contribution in [0.3, 0.4) is 0 Å². The van der Waals surface area contributed by atoms with E-state index < -0.39 is 17.9 Å². The van der Waals surface area contributed by atoms with E-state index in [4.69, 9.17) is 5.11 Å². The monoisotopic (exact) mass is 184 g/mol. The third-order valence-electron chi connectivity index (χ3n) is 1.34. The summed E-state index contributed by atoms with van der Waals surface area (Å²) >= 11 is 0. The van der Waals surface area contributed by atoms with E-state index in [9.17, 15) is 9.59 Å². The number of hydrogen-bond acceptors (Lipinski definition) is 4. The Morgan fingerprint density at radius 2 is 2.38 bits per heavy atom. The Kier molecular flexibility index (Phi) is 2.63. The van der Waals surface area contributed by atoms with Gasteiger partial charge in [0.25, 0.3) is 5.89 Å². The number of carbonyl (C=O) groups excluding carboxylic acids is 1. The topological polar surface area (TPSA) is 92.4 Å². The van der Waals surface area contributed by atoms with Gasteiger partial charge in [-0.1, -0.05) is 0 Å². The fourth-order valence-corrected chi connectivity index (χ4v) is 0.656. The average molecular weight is 184 g/mol. The molecule has 1 atom stereocenters. The molecular weight excluding hydrogens is 176 g/mol. The number of nitrogens with zero attached hydrogens (tertiary/aromatic N) is 1. The molecule has 0 aliphatic rings. The molecular formula is C7H8N2O4. The van der Waals surface area contributed by atoms with Gasteiger partial charge in [-0.25, -0.2) is 4.98 Å². The molecule has 0 aromatic carbocycles. The molecule has 0 saturated heterocycles. The summed E-state index contributed by atoms with van der Waals surface area (Å²) in [6, 6.07) is -0.959. The Morgan fingerprint density at radius 3 is 2.85 bits per heavy atom. The van der Waals surface area contributed by atoms with Gasteiger partial charge in [-0.3, -0.25) is 9.59 Å². The summed E-state index contributed by atoms with van der Waals surface area (Å²) in [7, 11) is 0. The van der Waals surface area contributed by atoms with Crippen LogP contribution in [0.4, 0.5) is 0 Å². The van der Waals surface area contributed by atoms with Crippen molar-refractivity contribution in [1.29, 1.82) is 0 Å². The first-order chi connectivity index (χ1) is 6.11. The molecule has 0 aliphatic carbocycles. The van der Waals surface area contributed by atoms with Gasteiger partial charge in [0.1, 0.15) is 12.3 Å². The summed E-state index contributed by atoms with van der Waals surface area (Å²) in [5, 5.41) is 10.6. The van der Waals surface area contributed by atoms with Crippen molar-refractivity contribution < 1.29 is 19.1 Å². The SMILES string of the molecule is C[C@H](NC(=O)c1ncco1)C(=O)O. The Balaban J connectivity index is 2.56. The Labute approximate surface area is 73.6 Å². The summed E-state index contributed by atoms with van der Waals surface area (Å²) in [4.78, 5) is 25.0. The van der Waals surface area contributed by atoms with Crippen LogP contribution >= 0.6 is 0 Å². The lowest BCUT2D eigenvalue weighted by Gasteiger charge is -2.05. The Hall–Kier alpha value is -1.85. The third kappa shape index (κ3) is 2.29. The normalized spacial score (nSPS) is 12.1. The van der Waals surface area contributed by atoms with Crippen LogP contribution in [0.25, 0.3) is 0 Å². The molecule has 2 N–H and O–H groups in total. The lowest BCUT2D eigenvalue weighted by atomic mass is 10.3. The van der Waals surface area contributed by atoms with Gasteiger partial charge >= 0.3 is 11.9 Å². The molecule has 1 aromatic rings. The van der Waals surface area contributed by atoms with Gasteiger partial charge < -0.3 is 14.8 Å². The summed E-state index contributed by atoms with van der Waals surface area (Å²) in [6.45, 7) is 1.35. The van der Waals surface area contributed by atoms with Crippen molar-refractivity contribution >= 4 is 11.9 Å². The van der Waals surface area contributed by atoms with Crippen LogP contribution in [0.2, 0.25) is 0 Å². The number of aliphatic carboxylic acids is 1. The number of carbonyl (C=O) groups is 2. The van der Waals surface area contributed by atoms with Gasteiger partial charge in [0, 0.05) is 0 Å². The molecule has 0 aliphatic heterocycles. The molecule has 0 radical (unpaired) electrons. The number of nitrogens with one attached hydrogen (secondary N) is 1. The van der Waals surface area contributed by atoms with Crippen LogP contribution in [0, 0.1) is 0 Å². The molecule has 13 heavy (non-hydrogen) atoms. The largest absolute Gasteiger partial charge is 0.480 e. The van der Waals surface area contributed by atoms with Gasteiger partial charge in [-0.15, -0.1) is 0 Å². The highest BCUT2D eigenvalue weighted by molar-refractivity contribution is 5.92. The van der Waals surface area contributed by atoms with E-state index in [0.717, 1.165) is 0 Å². The van der Waals surface area contributed by atoms with Crippen LogP contribution in [-0.4, -0.2) is 28.0 Å². The van der Waals surface area contributed by atoms with E-state index in [1.54, 1.807) is 0 Å². The fourth-order valence-electron chi connectivity index (χ4n) is 0.656. The van der Waals surface area contributed by atoms with Crippen LogP contribution in [0.1, 0.15) is 17.6 Å². The maximum Gasteiger partial charge on any atom is 0.325 e. The lowest BCUT2D eigenvalue weighted by Crippen LogP contribution is -2.38. The van der Waals surface area contributed by atoms with Crippen LogP contribution in [-0.2, 0) is 4.79 Å². The van der Waals surface area contributed by atoms with Crippen LogP contribution in [0.15, 0.2) is 16.9 Å². The Bertz CT molecular complexity index is 306. The van der Waals surface area contributed by atoms with Gasteiger partial charge in [0.05, 0.1) is 6.20 Å². The molecule has 6 heteroatoms. The second kappa shape index (κ2) is 3.70. The quantitative estimate of drug-likeness (QED) is 0.683. The van der Waals surface area contributed by atoms with E-state index >= 15 is 0 Å². The van der Waals surface area contributed by atoms with E-state index in [2.05, 4.69) is 14.7 Å². The average Bonchev–Trinajstić information content (AvgIpc) is 2.55. The molecule has 70 valence electrons. The van der Waals surface area contributed by atoms with Crippen molar-refractivity contribution in [3.8, 4) is 0 Å². The number of carboxylic acids is 1. The number of oxazole rings is 1. The number of carboxylic acid groups (broad SMARTS) is 1. The van der Waals surface area contributed by atoms with E-state index in [1.165, 1.54) is 19.4 Å². The second-order valence-corrected chi connectivity index (χ2v) is 2.37. The minimum absolute atomic E-state index is 0.145. The molecule has 1 aromatic heterocycles. The van der Waals surface area contributed by atoms with Crippen molar-refractivity contribution in [2.45, 2.75) is 13.0 Å². The number of aromatic nitrogens is 1. The highest BCUT2D eigenvalue weighted by atomic mass is 16.4. The standard InChI is InChI=1S/C7H8N2O4/c1-4(7(11)12)9-5(10)6-8-2-3-13-6/h2-4H,1H3,(H,9,10)(H,11,12)/t4-/m0/s1. The number of hydrogen-bond donors (Lipinski definition) is 2. The molecule has 0 saturated carbocycles. The van der Waals surface area contributed by atoms with Gasteiger partial charge in [-0.2, -0.15) is 0 Å². The molecule has 1 rings (SSSR count). The zero-order valence-corrected chi connectivity index (χ0v) is 6.85. The van der Waals surface area contributed by atoms with E-state index in [-0.39, 0.29) is 5.89 Å². The van der Waals surface area contributed by atoms with Crippen molar-refractivity contribution in [3.05, 3.63) is 18.4 Å². The van der Waals surface area contributed by atoms with Gasteiger partial charge in [0.15, 0.2) is 0 Å². The highest BCUT2D eigenvalue weighted by Crippen LogP contribution is 1.94. The first-order valence-electron chi connectivity index (χ1n) is 3.54. The summed E-state index contributed by atoms with van der Waals surface area (Å²) in [5.41, 5.74) is 0. The Morgan fingerprint density at radius 1 is 1.69 bits per heavy atom. The maximum absolute atomic E-state index is 11.1. The lowest BCUT2D eigenvalue weighted by molar-refractivity contribution is -0.138. The minimum atomic E-state index is -1.11. The highest BCUT2D eigenvalue weighted by Gasteiger charge is 2.17. The van der Waals surface area contributed by atoms with Crippen molar-refractivity contribution in [3.63, 3.8) is 0 Å². The summed E-state index contributed by atoms with van der Waals surface area (Å²) < 4.78 is 4.66. The molecule has 1 amide bonds. The molecule has 0 fully saturated rings. The van der Waals surface area contributed by atoms with Crippen LogP contribution < -0.4 is 5.32 Å². The van der Waals surface area contributed by atoms with Gasteiger partial charge in [-0.05, 0) is 6.92 Å². The second-order valence-electron chi connectivity index (χ2n) is 2.37. The fraction of sp³-hybridized carbons (Fsp3) is 0.286. The number of rotatable bonds is 3. The van der Waals surface area contributed by atoms with E-state index in [0.29, 0.717) is 0 Å². The summed E-state index contributed by atoms with van der Waals surface area (Å²) in [5.74, 6) is -1.90. The molecule has 0 spiro atoms. The molecule has 0 unspecified atom stereocenters. The third-order valence-corrected chi connectivity index (χ3v) is 1.34. The first-order valence-corrected chi connectivity index (χ1v) is 3.54. The zero-order chi connectivity index (χ0) is 9.84. The first kappa shape index (κ1) is 9.24. The maximum atomic E-state index is 11.1. The zero-order valence-electron chi connectivity index (χ0n) is 6.85. The minimum Gasteiger partial charge on any atom is -0.480 e. The van der Waals surface area contributed by atoms with Crippen molar-refractivity contribution in [2.24, 2.45) is 0 Å². The van der Waals surface area contributed by atoms with Crippen molar-refractivity contribution in [1.82, 2.24) is 10.3 Å². The van der Waals surface area contributed by atoms with Gasteiger partial charge in [0.2, 0.25) is 0 Å². The number of amides is 1. The molecule has 0 bridgehead atoms. The predicted octanol–water partition coefficient (Wildman–Crippen LogP) is -0.123. The molecule has 6 nitrogen and oxygen atoms in total. The van der Waals surface area contributed by atoms with Crippen LogP contribution in [0.5, 0.6) is 0 Å². The predicted molar refractivity (Wildman–Crippen MR) is 41.1 cm³/mol. The summed E-state index contributed by atoms with van der Waals surface area (Å²) in [6.07, 6.45) is 2.54. The molecule has 1 heterocycles. The van der Waals surface area contributed by atoms with Crippen molar-refractivity contribution in [2.75, 3.05) is 0 Å². The van der Waals surface area contributed by atoms with E-state index in [1.807, 2.05) is 0 Å².